The molecule has 3 nitrogen and oxygen atoms in total. The highest BCUT2D eigenvalue weighted by Crippen LogP contribution is 2.31. The Balaban J connectivity index is 2.19. The molecule has 21 heavy (non-hydrogen) atoms. The number of halogens is 1. The van der Waals surface area contributed by atoms with Crippen molar-refractivity contribution >= 4 is 44.0 Å². The molecule has 0 amide bonds. The highest BCUT2D eigenvalue weighted by atomic mass is 79.9. The van der Waals surface area contributed by atoms with E-state index >= 15 is 0 Å². The molecule has 2 aromatic heterocycles. The first-order chi connectivity index (χ1) is 10.2. The predicted molar refractivity (Wildman–Crippen MR) is 94.1 cm³/mol. The number of nitrogens with zero attached hydrogens (tertiary/aromatic N) is 2. The average molecular weight is 362 g/mol. The van der Waals surface area contributed by atoms with Crippen LogP contribution in [0.5, 0.6) is 0 Å². The first-order valence-electron chi connectivity index (χ1n) is 6.94. The SMILES string of the molecule is CCCNc1nc(-c2sccc2C)nc2ccc(Br)cc12. The summed E-state index contributed by atoms with van der Waals surface area (Å²) < 4.78 is 1.04. The molecule has 0 aliphatic rings. The largest absolute Gasteiger partial charge is 0.369 e. The summed E-state index contributed by atoms with van der Waals surface area (Å²) in [6.45, 7) is 5.15. The Kier molecular flexibility index (Phi) is 4.22. The summed E-state index contributed by atoms with van der Waals surface area (Å²) in [5.74, 6) is 1.71. The third-order valence-corrected chi connectivity index (χ3v) is 4.77. The van der Waals surface area contributed by atoms with Crippen molar-refractivity contribution in [2.45, 2.75) is 20.3 Å². The van der Waals surface area contributed by atoms with Crippen molar-refractivity contribution in [1.82, 2.24) is 9.97 Å². The van der Waals surface area contributed by atoms with E-state index < -0.39 is 0 Å². The molecule has 108 valence electrons. The smallest absolute Gasteiger partial charge is 0.172 e. The quantitative estimate of drug-likeness (QED) is 0.689. The Morgan fingerprint density at radius 1 is 1.24 bits per heavy atom. The molecule has 1 aromatic carbocycles. The van der Waals surface area contributed by atoms with Crippen molar-refractivity contribution in [2.24, 2.45) is 0 Å². The topological polar surface area (TPSA) is 37.8 Å². The number of thiophene rings is 1. The van der Waals surface area contributed by atoms with Crippen molar-refractivity contribution in [3.63, 3.8) is 0 Å². The van der Waals surface area contributed by atoms with E-state index in [2.05, 4.69) is 52.6 Å². The molecule has 0 atom stereocenters. The maximum absolute atomic E-state index is 4.75. The summed E-state index contributed by atoms with van der Waals surface area (Å²) in [5, 5.41) is 6.55. The van der Waals surface area contributed by atoms with E-state index in [-0.39, 0.29) is 0 Å². The molecule has 0 unspecified atom stereocenters. The molecule has 0 spiro atoms. The van der Waals surface area contributed by atoms with Crippen LogP contribution in [0.25, 0.3) is 21.6 Å². The van der Waals surface area contributed by atoms with E-state index in [1.54, 1.807) is 11.3 Å². The van der Waals surface area contributed by atoms with E-state index in [4.69, 9.17) is 9.97 Å². The highest BCUT2D eigenvalue weighted by Gasteiger charge is 2.12. The molecular weight excluding hydrogens is 346 g/mol. The number of anilines is 1. The number of aromatic nitrogens is 2. The van der Waals surface area contributed by atoms with Crippen LogP contribution in [0.4, 0.5) is 5.82 Å². The summed E-state index contributed by atoms with van der Waals surface area (Å²) in [6.07, 6.45) is 1.06. The summed E-state index contributed by atoms with van der Waals surface area (Å²) in [7, 11) is 0. The first kappa shape index (κ1) is 14.5. The Morgan fingerprint density at radius 3 is 2.81 bits per heavy atom. The molecule has 0 aliphatic carbocycles. The first-order valence-corrected chi connectivity index (χ1v) is 8.62. The van der Waals surface area contributed by atoms with Crippen LogP contribution in [0, 0.1) is 6.92 Å². The Morgan fingerprint density at radius 2 is 2.10 bits per heavy atom. The second kappa shape index (κ2) is 6.12. The van der Waals surface area contributed by atoms with Gasteiger partial charge in [0.25, 0.3) is 0 Å². The number of hydrogen-bond acceptors (Lipinski definition) is 4. The van der Waals surface area contributed by atoms with Gasteiger partial charge in [-0.2, -0.15) is 0 Å². The molecule has 3 aromatic rings. The van der Waals surface area contributed by atoms with Crippen molar-refractivity contribution in [3.8, 4) is 10.7 Å². The van der Waals surface area contributed by atoms with Gasteiger partial charge in [-0.15, -0.1) is 11.3 Å². The van der Waals surface area contributed by atoms with Crippen LogP contribution in [-0.4, -0.2) is 16.5 Å². The summed E-state index contributed by atoms with van der Waals surface area (Å²) in [6, 6.07) is 8.22. The lowest BCUT2D eigenvalue weighted by Crippen LogP contribution is -2.04. The van der Waals surface area contributed by atoms with Gasteiger partial charge in [0.15, 0.2) is 5.82 Å². The van der Waals surface area contributed by atoms with Crippen LogP contribution in [0.15, 0.2) is 34.1 Å². The van der Waals surface area contributed by atoms with Crippen molar-refractivity contribution < 1.29 is 0 Å². The number of hydrogen-bond donors (Lipinski definition) is 1. The zero-order valence-corrected chi connectivity index (χ0v) is 14.4. The molecule has 0 saturated carbocycles. The zero-order chi connectivity index (χ0) is 14.8. The molecule has 2 heterocycles. The van der Waals surface area contributed by atoms with Crippen LogP contribution < -0.4 is 5.32 Å². The molecule has 0 bridgehead atoms. The minimum atomic E-state index is 0.802. The number of nitrogens with one attached hydrogen (secondary N) is 1. The second-order valence-electron chi connectivity index (χ2n) is 4.92. The van der Waals surface area contributed by atoms with Gasteiger partial charge >= 0.3 is 0 Å². The predicted octanol–water partition coefficient (Wildman–Crippen LogP) is 5.25. The summed E-state index contributed by atoms with van der Waals surface area (Å²) in [5.41, 5.74) is 2.19. The van der Waals surface area contributed by atoms with Crippen molar-refractivity contribution in [1.29, 1.82) is 0 Å². The van der Waals surface area contributed by atoms with Gasteiger partial charge in [-0.3, -0.25) is 0 Å². The molecule has 3 rings (SSSR count). The monoisotopic (exact) mass is 361 g/mol. The second-order valence-corrected chi connectivity index (χ2v) is 6.75. The van der Waals surface area contributed by atoms with E-state index in [9.17, 15) is 0 Å². The van der Waals surface area contributed by atoms with Gasteiger partial charge < -0.3 is 5.32 Å². The molecule has 0 radical (unpaired) electrons. The molecule has 0 saturated heterocycles. The van der Waals surface area contributed by atoms with Crippen LogP contribution in [0.2, 0.25) is 0 Å². The fourth-order valence-corrected chi connectivity index (χ4v) is 3.40. The maximum Gasteiger partial charge on any atom is 0.172 e. The van der Waals surface area contributed by atoms with Crippen LogP contribution in [-0.2, 0) is 0 Å². The fourth-order valence-electron chi connectivity index (χ4n) is 2.18. The lowest BCUT2D eigenvalue weighted by atomic mass is 10.2. The third kappa shape index (κ3) is 2.94. The van der Waals surface area contributed by atoms with Gasteiger partial charge in [0, 0.05) is 16.4 Å². The lowest BCUT2D eigenvalue weighted by molar-refractivity contribution is 0.970. The van der Waals surface area contributed by atoms with Gasteiger partial charge in [0.1, 0.15) is 5.82 Å². The molecular formula is C16H16BrN3S. The van der Waals surface area contributed by atoms with Crippen molar-refractivity contribution in [2.75, 3.05) is 11.9 Å². The number of aryl methyl sites for hydroxylation is 1. The normalized spacial score (nSPS) is 11.0. The maximum atomic E-state index is 4.75. The van der Waals surface area contributed by atoms with Gasteiger partial charge in [0.05, 0.1) is 10.4 Å². The number of benzene rings is 1. The van der Waals surface area contributed by atoms with Gasteiger partial charge in [-0.1, -0.05) is 22.9 Å². The van der Waals surface area contributed by atoms with E-state index in [1.165, 1.54) is 5.56 Å². The minimum absolute atomic E-state index is 0.802. The Hall–Kier alpha value is -1.46. The molecule has 1 N–H and O–H groups in total. The van der Waals surface area contributed by atoms with E-state index in [0.717, 1.165) is 44.9 Å². The average Bonchev–Trinajstić information content (AvgIpc) is 2.91. The van der Waals surface area contributed by atoms with Gasteiger partial charge in [-0.05, 0) is 48.6 Å². The van der Waals surface area contributed by atoms with Gasteiger partial charge in [0.2, 0.25) is 0 Å². The van der Waals surface area contributed by atoms with Gasteiger partial charge in [-0.25, -0.2) is 9.97 Å². The Bertz CT molecular complexity index is 782. The number of rotatable bonds is 4. The van der Waals surface area contributed by atoms with E-state index in [1.807, 2.05) is 12.1 Å². The fraction of sp³-hybridized carbons (Fsp3) is 0.250. The lowest BCUT2D eigenvalue weighted by Gasteiger charge is -2.10. The Labute approximate surface area is 136 Å². The third-order valence-electron chi connectivity index (χ3n) is 3.27. The molecule has 0 aliphatic heterocycles. The summed E-state index contributed by atoms with van der Waals surface area (Å²) in [4.78, 5) is 10.6. The van der Waals surface area contributed by atoms with E-state index in [0.29, 0.717) is 0 Å². The van der Waals surface area contributed by atoms with Crippen LogP contribution >= 0.6 is 27.3 Å². The zero-order valence-electron chi connectivity index (χ0n) is 12.0. The van der Waals surface area contributed by atoms with Crippen LogP contribution in [0.1, 0.15) is 18.9 Å². The highest BCUT2D eigenvalue weighted by molar-refractivity contribution is 9.10. The standard InChI is InChI=1S/C16H16BrN3S/c1-3-7-18-15-12-9-11(17)4-5-13(12)19-16(20-15)14-10(2)6-8-21-14/h4-6,8-9H,3,7H2,1-2H3,(H,18,19,20). The van der Waals surface area contributed by atoms with Crippen LogP contribution in [0.3, 0.4) is 0 Å². The number of fused-ring (bicyclic) bond motifs is 1. The molecule has 5 heteroatoms. The minimum Gasteiger partial charge on any atom is -0.369 e. The summed E-state index contributed by atoms with van der Waals surface area (Å²) >= 11 is 5.21. The molecule has 0 fully saturated rings. The van der Waals surface area contributed by atoms with Crippen molar-refractivity contribution in [3.05, 3.63) is 39.7 Å².